The minimum absolute atomic E-state index is 0.0128. The number of hydrogen-bond acceptors (Lipinski definition) is 6. The molecular weight excluding hydrogens is 354 g/mol. The minimum Gasteiger partial charge on any atom is -0.322 e. The van der Waals surface area contributed by atoms with Crippen LogP contribution in [-0.2, 0) is 0 Å². The maximum atomic E-state index is 12.2. The Labute approximate surface area is 153 Å². The third-order valence-corrected chi connectivity index (χ3v) is 5.31. The summed E-state index contributed by atoms with van der Waals surface area (Å²) in [5.74, 6) is 0.144. The molecule has 126 valence electrons. The van der Waals surface area contributed by atoms with Crippen molar-refractivity contribution in [3.05, 3.63) is 70.7 Å². The van der Waals surface area contributed by atoms with E-state index >= 15 is 0 Å². The van der Waals surface area contributed by atoms with Crippen LogP contribution in [0.25, 0.3) is 0 Å². The zero-order chi connectivity index (χ0) is 17.6. The van der Waals surface area contributed by atoms with Crippen LogP contribution in [0.3, 0.4) is 0 Å². The van der Waals surface area contributed by atoms with E-state index in [9.17, 15) is 9.59 Å². The predicted molar refractivity (Wildman–Crippen MR) is 101 cm³/mol. The second-order valence-corrected chi connectivity index (χ2v) is 7.60. The van der Waals surface area contributed by atoms with Gasteiger partial charge in [0.05, 0.1) is 5.75 Å². The summed E-state index contributed by atoms with van der Waals surface area (Å²) < 4.78 is 0.789. The van der Waals surface area contributed by atoms with Crippen LogP contribution in [0, 0.1) is 6.92 Å². The van der Waals surface area contributed by atoms with Crippen molar-refractivity contribution in [3.8, 4) is 0 Å². The predicted octanol–water partition coefficient (Wildman–Crippen LogP) is 4.07. The lowest BCUT2D eigenvalue weighted by Gasteiger charge is -2.06. The maximum Gasteiger partial charge on any atom is 0.255 e. The van der Waals surface area contributed by atoms with E-state index in [1.165, 1.54) is 23.1 Å². The van der Waals surface area contributed by atoms with Gasteiger partial charge in [0.1, 0.15) is 5.01 Å². The molecule has 0 radical (unpaired) electrons. The zero-order valence-corrected chi connectivity index (χ0v) is 15.1. The van der Waals surface area contributed by atoms with Gasteiger partial charge in [-0.3, -0.25) is 9.59 Å². The first-order valence-electron chi connectivity index (χ1n) is 7.54. The normalized spacial score (nSPS) is 10.4. The van der Waals surface area contributed by atoms with Gasteiger partial charge in [-0.1, -0.05) is 41.3 Å². The molecule has 3 rings (SSSR count). The smallest absolute Gasteiger partial charge is 0.255 e. The van der Waals surface area contributed by atoms with Crippen molar-refractivity contribution in [1.82, 2.24) is 10.2 Å². The molecule has 0 bridgehead atoms. The third-order valence-electron chi connectivity index (χ3n) is 3.33. The molecule has 0 aliphatic carbocycles. The zero-order valence-electron chi connectivity index (χ0n) is 13.4. The number of nitrogens with zero attached hydrogens (tertiary/aromatic N) is 2. The average Bonchev–Trinajstić information content (AvgIpc) is 3.06. The van der Waals surface area contributed by atoms with Crippen molar-refractivity contribution in [2.75, 3.05) is 11.1 Å². The van der Waals surface area contributed by atoms with Crippen molar-refractivity contribution >= 4 is 40.5 Å². The number of ketones is 1. The number of carbonyl (C=O) groups is 2. The minimum atomic E-state index is -0.179. The van der Waals surface area contributed by atoms with Crippen molar-refractivity contribution < 1.29 is 9.59 Å². The first-order chi connectivity index (χ1) is 12.1. The van der Waals surface area contributed by atoms with Gasteiger partial charge >= 0.3 is 0 Å². The quantitative estimate of drug-likeness (QED) is 0.524. The lowest BCUT2D eigenvalue weighted by Crippen LogP contribution is -2.11. The van der Waals surface area contributed by atoms with Crippen LogP contribution >= 0.6 is 23.1 Å². The number of aromatic nitrogens is 2. The molecule has 1 N–H and O–H groups in total. The highest BCUT2D eigenvalue weighted by molar-refractivity contribution is 8.01. The molecule has 0 saturated carbocycles. The van der Waals surface area contributed by atoms with Crippen molar-refractivity contribution in [1.29, 1.82) is 0 Å². The van der Waals surface area contributed by atoms with Crippen molar-refractivity contribution in [2.45, 2.75) is 11.3 Å². The van der Waals surface area contributed by atoms with E-state index in [4.69, 9.17) is 0 Å². The van der Waals surface area contributed by atoms with E-state index in [-0.39, 0.29) is 11.7 Å². The highest BCUT2D eigenvalue weighted by Gasteiger charge is 2.10. The van der Waals surface area contributed by atoms with Crippen LogP contribution in [0.2, 0.25) is 0 Å². The number of thioether (sulfide) groups is 1. The Morgan fingerprint density at radius 2 is 1.72 bits per heavy atom. The summed E-state index contributed by atoms with van der Waals surface area (Å²) in [6.07, 6.45) is 0. The number of anilines is 1. The molecule has 5 nitrogen and oxygen atoms in total. The Kier molecular flexibility index (Phi) is 5.57. The van der Waals surface area contributed by atoms with Gasteiger partial charge in [0.25, 0.3) is 5.91 Å². The highest BCUT2D eigenvalue weighted by atomic mass is 32.2. The largest absolute Gasteiger partial charge is 0.322 e. The lowest BCUT2D eigenvalue weighted by molar-refractivity contribution is 0.101. The molecule has 0 aliphatic rings. The Bertz CT molecular complexity index is 877. The summed E-state index contributed by atoms with van der Waals surface area (Å²) in [6.45, 7) is 1.88. The number of carbonyl (C=O) groups excluding carboxylic acids is 2. The molecule has 1 aromatic heterocycles. The number of benzene rings is 2. The fourth-order valence-corrected chi connectivity index (χ4v) is 3.79. The van der Waals surface area contributed by atoms with Gasteiger partial charge in [-0.05, 0) is 43.3 Å². The van der Waals surface area contributed by atoms with Gasteiger partial charge < -0.3 is 5.32 Å². The first-order valence-corrected chi connectivity index (χ1v) is 9.34. The van der Waals surface area contributed by atoms with Crippen molar-refractivity contribution in [2.24, 2.45) is 0 Å². The van der Waals surface area contributed by atoms with Crippen molar-refractivity contribution in [3.63, 3.8) is 0 Å². The topological polar surface area (TPSA) is 72.0 Å². The molecular formula is C18H15N3O2S2. The summed E-state index contributed by atoms with van der Waals surface area (Å²) in [5, 5.41) is 11.6. The number of nitrogens with one attached hydrogen (secondary N) is 1. The van der Waals surface area contributed by atoms with Crippen LogP contribution < -0.4 is 5.32 Å². The lowest BCUT2D eigenvalue weighted by atomic mass is 10.1. The van der Waals surface area contributed by atoms with Gasteiger partial charge in [-0.25, -0.2) is 0 Å². The molecule has 1 amide bonds. The number of hydrogen-bond donors (Lipinski definition) is 1. The molecule has 2 aromatic carbocycles. The summed E-state index contributed by atoms with van der Waals surface area (Å²) in [4.78, 5) is 24.3. The first kappa shape index (κ1) is 17.3. The molecule has 0 saturated heterocycles. The average molecular weight is 369 g/mol. The van der Waals surface area contributed by atoms with Crippen LogP contribution in [0.15, 0.2) is 58.9 Å². The molecule has 7 heteroatoms. The van der Waals surface area contributed by atoms with Crippen LogP contribution in [0.4, 0.5) is 5.69 Å². The standard InChI is InChI=1S/C18H15N3O2S2/c1-12-20-21-18(25-12)24-11-16(22)13-7-9-15(10-8-13)19-17(23)14-5-3-2-4-6-14/h2-10H,11H2,1H3,(H,19,23). The SMILES string of the molecule is Cc1nnc(SCC(=O)c2ccc(NC(=O)c3ccccc3)cc2)s1. The van der Waals surface area contributed by atoms with Gasteiger partial charge in [-0.2, -0.15) is 0 Å². The monoisotopic (exact) mass is 369 g/mol. The van der Waals surface area contributed by atoms with Gasteiger partial charge in [-0.15, -0.1) is 10.2 Å². The van der Waals surface area contributed by atoms with E-state index in [0.717, 1.165) is 9.35 Å². The molecule has 1 heterocycles. The Morgan fingerprint density at radius 1 is 1.00 bits per heavy atom. The van der Waals surface area contributed by atoms with Gasteiger partial charge in [0.2, 0.25) is 0 Å². The van der Waals surface area contributed by atoms with E-state index in [1.807, 2.05) is 25.1 Å². The number of aryl methyl sites for hydroxylation is 1. The Morgan fingerprint density at radius 3 is 2.36 bits per heavy atom. The van der Waals surface area contributed by atoms with Gasteiger partial charge in [0.15, 0.2) is 10.1 Å². The maximum absolute atomic E-state index is 12.2. The summed E-state index contributed by atoms with van der Waals surface area (Å²) in [7, 11) is 0. The summed E-state index contributed by atoms with van der Waals surface area (Å²) >= 11 is 2.86. The second kappa shape index (κ2) is 8.04. The molecule has 0 fully saturated rings. The fraction of sp³-hybridized carbons (Fsp3) is 0.111. The fourth-order valence-electron chi connectivity index (χ4n) is 2.08. The summed E-state index contributed by atoms with van der Waals surface area (Å²) in [5.41, 5.74) is 1.84. The van der Waals surface area contributed by atoms with E-state index in [2.05, 4.69) is 15.5 Å². The highest BCUT2D eigenvalue weighted by Crippen LogP contribution is 2.23. The Balaban J connectivity index is 1.58. The molecule has 0 aliphatic heterocycles. The van der Waals surface area contributed by atoms with E-state index < -0.39 is 0 Å². The van der Waals surface area contributed by atoms with Crippen LogP contribution in [-0.4, -0.2) is 27.6 Å². The Hall–Kier alpha value is -2.51. The molecule has 0 spiro atoms. The van der Waals surface area contributed by atoms with E-state index in [0.29, 0.717) is 22.6 Å². The molecule has 25 heavy (non-hydrogen) atoms. The van der Waals surface area contributed by atoms with Crippen LogP contribution in [0.5, 0.6) is 0 Å². The van der Waals surface area contributed by atoms with Crippen LogP contribution in [0.1, 0.15) is 25.7 Å². The van der Waals surface area contributed by atoms with Gasteiger partial charge in [0, 0.05) is 16.8 Å². The molecule has 3 aromatic rings. The summed E-state index contributed by atoms with van der Waals surface area (Å²) in [6, 6.07) is 15.9. The number of Topliss-reactive ketones (excluding diaryl/α,β-unsaturated/α-hetero) is 1. The number of amides is 1. The second-order valence-electron chi connectivity index (χ2n) is 5.20. The third kappa shape index (κ3) is 4.74. The van der Waals surface area contributed by atoms with E-state index in [1.54, 1.807) is 36.4 Å². The molecule has 0 atom stereocenters. The molecule has 0 unspecified atom stereocenters. The number of rotatable bonds is 6.